The predicted molar refractivity (Wildman–Crippen MR) is 67.3 cm³/mol. The molecule has 6 heteroatoms. The van der Waals surface area contributed by atoms with E-state index in [9.17, 15) is 0 Å². The highest BCUT2D eigenvalue weighted by molar-refractivity contribution is 6.29. The van der Waals surface area contributed by atoms with Crippen molar-refractivity contribution in [3.05, 3.63) is 41.0 Å². The molecular weight excluding hydrogens is 252 g/mol. The van der Waals surface area contributed by atoms with Crippen molar-refractivity contribution in [2.24, 2.45) is 0 Å². The van der Waals surface area contributed by atoms with Crippen LogP contribution in [0.3, 0.4) is 0 Å². The van der Waals surface area contributed by atoms with E-state index in [1.165, 1.54) is 6.07 Å². The van der Waals surface area contributed by atoms with Gasteiger partial charge in [0.05, 0.1) is 12.5 Å². The second kappa shape index (κ2) is 5.34. The van der Waals surface area contributed by atoms with Crippen LogP contribution in [0, 0.1) is 11.3 Å². The Kier molecular flexibility index (Phi) is 3.60. The van der Waals surface area contributed by atoms with E-state index in [1.54, 1.807) is 12.1 Å². The molecule has 0 bridgehead atoms. The molecule has 1 heterocycles. The number of aromatic nitrogens is 2. The van der Waals surface area contributed by atoms with Gasteiger partial charge in [-0.1, -0.05) is 23.7 Å². The van der Waals surface area contributed by atoms with E-state index in [2.05, 4.69) is 16.0 Å². The van der Waals surface area contributed by atoms with Gasteiger partial charge in [-0.3, -0.25) is 0 Å². The van der Waals surface area contributed by atoms with Gasteiger partial charge < -0.3 is 10.5 Å². The van der Waals surface area contributed by atoms with E-state index in [0.29, 0.717) is 12.2 Å². The number of rotatable bonds is 3. The lowest BCUT2D eigenvalue weighted by atomic mass is 10.2. The van der Waals surface area contributed by atoms with Gasteiger partial charge in [0.15, 0.2) is 0 Å². The van der Waals surface area contributed by atoms with Gasteiger partial charge in [-0.05, 0) is 17.7 Å². The van der Waals surface area contributed by atoms with Crippen LogP contribution < -0.4 is 10.5 Å². The van der Waals surface area contributed by atoms with E-state index < -0.39 is 0 Å². The molecule has 0 spiro atoms. The van der Waals surface area contributed by atoms with Crippen LogP contribution in [0.5, 0.6) is 11.6 Å². The molecule has 0 radical (unpaired) electrons. The number of nitrogens with two attached hydrogens (primary N) is 1. The zero-order valence-electron chi connectivity index (χ0n) is 9.30. The Labute approximate surface area is 109 Å². The molecule has 0 fully saturated rings. The maximum absolute atomic E-state index is 8.56. The summed E-state index contributed by atoms with van der Waals surface area (Å²) >= 11 is 5.74. The summed E-state index contributed by atoms with van der Waals surface area (Å²) in [5.41, 5.74) is 6.38. The number of hydrogen-bond donors (Lipinski definition) is 1. The highest BCUT2D eigenvalue weighted by Gasteiger charge is 2.03. The fourth-order valence-corrected chi connectivity index (χ4v) is 1.53. The second-order valence-corrected chi connectivity index (χ2v) is 3.86. The van der Waals surface area contributed by atoms with Crippen molar-refractivity contribution in [2.45, 2.75) is 6.42 Å². The van der Waals surface area contributed by atoms with Gasteiger partial charge in [-0.2, -0.15) is 10.2 Å². The Balaban J connectivity index is 2.16. The molecule has 2 aromatic rings. The van der Waals surface area contributed by atoms with Gasteiger partial charge in [0.25, 0.3) is 0 Å². The molecule has 5 nitrogen and oxygen atoms in total. The lowest BCUT2D eigenvalue weighted by Gasteiger charge is -2.05. The Morgan fingerprint density at radius 2 is 2.00 bits per heavy atom. The third kappa shape index (κ3) is 3.09. The molecule has 2 rings (SSSR count). The number of hydrogen-bond acceptors (Lipinski definition) is 5. The zero-order chi connectivity index (χ0) is 13.0. The first-order valence-electron chi connectivity index (χ1n) is 5.11. The van der Waals surface area contributed by atoms with Gasteiger partial charge >= 0.3 is 0 Å². The van der Waals surface area contributed by atoms with Crippen LogP contribution in [0.4, 0.5) is 5.95 Å². The lowest BCUT2D eigenvalue weighted by molar-refractivity contribution is 0.462. The topological polar surface area (TPSA) is 84.8 Å². The lowest BCUT2D eigenvalue weighted by Crippen LogP contribution is -1.97. The van der Waals surface area contributed by atoms with Crippen LogP contribution >= 0.6 is 11.6 Å². The van der Waals surface area contributed by atoms with Crippen LogP contribution in [0.25, 0.3) is 0 Å². The summed E-state index contributed by atoms with van der Waals surface area (Å²) in [4.78, 5) is 7.63. The molecule has 1 aromatic heterocycles. The molecule has 0 unspecified atom stereocenters. The smallest absolute Gasteiger partial charge is 0.225 e. The fourth-order valence-electron chi connectivity index (χ4n) is 1.35. The van der Waals surface area contributed by atoms with Gasteiger partial charge in [-0.15, -0.1) is 0 Å². The summed E-state index contributed by atoms with van der Waals surface area (Å²) in [7, 11) is 0. The number of ether oxygens (including phenoxy) is 1. The Hall–Kier alpha value is -2.32. The monoisotopic (exact) mass is 260 g/mol. The van der Waals surface area contributed by atoms with Crippen LogP contribution in [-0.4, -0.2) is 9.97 Å². The average molecular weight is 261 g/mol. The van der Waals surface area contributed by atoms with E-state index >= 15 is 0 Å². The molecule has 0 saturated carbocycles. The van der Waals surface area contributed by atoms with Crippen LogP contribution in [0.2, 0.25) is 5.15 Å². The average Bonchev–Trinajstić information content (AvgIpc) is 2.31. The summed E-state index contributed by atoms with van der Waals surface area (Å²) in [5, 5.41) is 8.78. The molecule has 2 N–H and O–H groups in total. The summed E-state index contributed by atoms with van der Waals surface area (Å²) in [6.45, 7) is 0. The second-order valence-electron chi connectivity index (χ2n) is 3.47. The van der Waals surface area contributed by atoms with Crippen LogP contribution in [0.1, 0.15) is 5.56 Å². The predicted octanol–water partition coefficient (Wildman–Crippen LogP) is 2.57. The number of nitrogen functional groups attached to an aromatic ring is 1. The maximum atomic E-state index is 8.56. The van der Waals surface area contributed by atoms with Crippen molar-refractivity contribution in [2.75, 3.05) is 5.73 Å². The summed E-state index contributed by atoms with van der Waals surface area (Å²) in [5.74, 6) is 0.921. The van der Waals surface area contributed by atoms with Crippen molar-refractivity contribution in [3.8, 4) is 17.7 Å². The molecule has 0 aliphatic heterocycles. The minimum absolute atomic E-state index is 0.0543. The molecule has 18 heavy (non-hydrogen) atoms. The molecule has 0 atom stereocenters. The fraction of sp³-hybridized carbons (Fsp3) is 0.0833. The third-order valence-corrected chi connectivity index (χ3v) is 2.31. The molecule has 0 aliphatic rings. The molecular formula is C12H9ClN4O. The minimum Gasteiger partial charge on any atom is -0.439 e. The molecule has 1 aromatic carbocycles. The number of nitrogens with zero attached hydrogens (tertiary/aromatic N) is 3. The van der Waals surface area contributed by atoms with Crippen molar-refractivity contribution in [3.63, 3.8) is 0 Å². The Bertz CT molecular complexity index is 572. The van der Waals surface area contributed by atoms with Gasteiger partial charge in [0, 0.05) is 6.07 Å². The normalized spacial score (nSPS) is 9.78. The first-order chi connectivity index (χ1) is 8.67. The molecule has 90 valence electrons. The maximum Gasteiger partial charge on any atom is 0.225 e. The van der Waals surface area contributed by atoms with Crippen molar-refractivity contribution in [1.82, 2.24) is 9.97 Å². The molecule has 0 aliphatic carbocycles. The number of anilines is 1. The quantitative estimate of drug-likeness (QED) is 0.858. The number of nitriles is 1. The number of halogens is 1. The van der Waals surface area contributed by atoms with Gasteiger partial charge in [-0.25, -0.2) is 4.98 Å². The highest BCUT2D eigenvalue weighted by Crippen LogP contribution is 2.22. The number of benzene rings is 1. The largest absolute Gasteiger partial charge is 0.439 e. The van der Waals surface area contributed by atoms with E-state index in [-0.39, 0.29) is 17.0 Å². The van der Waals surface area contributed by atoms with Gasteiger partial charge in [0.2, 0.25) is 11.8 Å². The Morgan fingerprint density at radius 3 is 2.61 bits per heavy atom. The summed E-state index contributed by atoms with van der Waals surface area (Å²) in [6.07, 6.45) is 0.368. The first kappa shape index (κ1) is 12.1. The third-order valence-electron chi connectivity index (χ3n) is 2.12. The standard InChI is InChI=1S/C12H9ClN4O/c13-10-7-11(17-12(15)16-10)18-9-3-1-8(2-4-9)5-6-14/h1-4,7H,5H2,(H2,15,16,17). The minimum atomic E-state index is 0.0543. The van der Waals surface area contributed by atoms with Gasteiger partial charge in [0.1, 0.15) is 10.9 Å². The van der Waals surface area contributed by atoms with Crippen LogP contribution in [-0.2, 0) is 6.42 Å². The van der Waals surface area contributed by atoms with Crippen molar-refractivity contribution in [1.29, 1.82) is 5.26 Å². The van der Waals surface area contributed by atoms with Crippen molar-refractivity contribution < 1.29 is 4.74 Å². The summed E-state index contributed by atoms with van der Waals surface area (Å²) in [6, 6.07) is 10.7. The SMILES string of the molecule is N#CCc1ccc(Oc2cc(Cl)nc(N)n2)cc1. The molecule has 0 saturated heterocycles. The van der Waals surface area contributed by atoms with Crippen molar-refractivity contribution >= 4 is 17.5 Å². The Morgan fingerprint density at radius 1 is 1.28 bits per heavy atom. The van der Waals surface area contributed by atoms with E-state index in [1.807, 2.05) is 12.1 Å². The zero-order valence-corrected chi connectivity index (χ0v) is 10.1. The first-order valence-corrected chi connectivity index (χ1v) is 5.49. The van der Waals surface area contributed by atoms with E-state index in [0.717, 1.165) is 5.56 Å². The summed E-state index contributed by atoms with van der Waals surface area (Å²) < 4.78 is 5.47. The van der Waals surface area contributed by atoms with Crippen LogP contribution in [0.15, 0.2) is 30.3 Å². The molecule has 0 amide bonds. The highest BCUT2D eigenvalue weighted by atomic mass is 35.5. The van der Waals surface area contributed by atoms with E-state index in [4.69, 9.17) is 27.3 Å².